The van der Waals surface area contributed by atoms with Gasteiger partial charge in [-0.05, 0) is 26.6 Å². The fraction of sp³-hybridized carbons (Fsp3) is 0.789. The number of amides is 1. The summed E-state index contributed by atoms with van der Waals surface area (Å²) in [7, 11) is 4.10. The minimum Gasteiger partial charge on any atom is -0.373 e. The molecule has 2 saturated heterocycles. The Kier molecular flexibility index (Phi) is 6.32. The standard InChI is InChI=1S/C19H33N5O2/c1-15(2)19(25)24-10-11-26-17(18(24)16-12-20-22(4)13-16)14-23-7-5-6-21(3)8-9-23/h12-13,15,17-18H,5-11,14H2,1-4H3/t17-,18-/m0/s1. The van der Waals surface area contributed by atoms with Crippen molar-refractivity contribution in [2.45, 2.75) is 32.4 Å². The zero-order valence-electron chi connectivity index (χ0n) is 16.6. The van der Waals surface area contributed by atoms with Gasteiger partial charge in [0, 0.05) is 50.9 Å². The molecular weight excluding hydrogens is 330 g/mol. The molecule has 0 bridgehead atoms. The molecule has 1 amide bonds. The number of nitrogens with zero attached hydrogens (tertiary/aromatic N) is 5. The van der Waals surface area contributed by atoms with Crippen molar-refractivity contribution in [1.82, 2.24) is 24.5 Å². The van der Waals surface area contributed by atoms with Gasteiger partial charge in [0.25, 0.3) is 0 Å². The molecule has 2 fully saturated rings. The summed E-state index contributed by atoms with van der Waals surface area (Å²) >= 11 is 0. The molecule has 0 unspecified atom stereocenters. The summed E-state index contributed by atoms with van der Waals surface area (Å²) in [5.41, 5.74) is 1.07. The number of hydrogen-bond donors (Lipinski definition) is 0. The molecule has 0 aliphatic carbocycles. The highest BCUT2D eigenvalue weighted by atomic mass is 16.5. The summed E-state index contributed by atoms with van der Waals surface area (Å²) < 4.78 is 8.00. The number of morpholine rings is 1. The molecule has 1 aromatic rings. The quantitative estimate of drug-likeness (QED) is 0.798. The molecule has 2 atom stereocenters. The molecule has 0 spiro atoms. The molecule has 0 radical (unpaired) electrons. The summed E-state index contributed by atoms with van der Waals surface area (Å²) in [6, 6.07) is -0.0617. The largest absolute Gasteiger partial charge is 0.373 e. The molecule has 146 valence electrons. The normalized spacial score (nSPS) is 26.3. The van der Waals surface area contributed by atoms with Crippen molar-refractivity contribution < 1.29 is 9.53 Å². The summed E-state index contributed by atoms with van der Waals surface area (Å²) in [6.07, 6.45) is 5.06. The van der Waals surface area contributed by atoms with Crippen LogP contribution in [0.15, 0.2) is 12.4 Å². The molecule has 0 aromatic carbocycles. The van der Waals surface area contributed by atoms with Crippen LogP contribution in [-0.4, -0.2) is 89.4 Å². The number of aromatic nitrogens is 2. The predicted molar refractivity (Wildman–Crippen MR) is 101 cm³/mol. The number of ether oxygens (including phenoxy) is 1. The Labute approximate surface area is 156 Å². The Morgan fingerprint density at radius 2 is 2.04 bits per heavy atom. The van der Waals surface area contributed by atoms with Crippen LogP contribution in [-0.2, 0) is 16.6 Å². The van der Waals surface area contributed by atoms with E-state index in [4.69, 9.17) is 4.74 Å². The van der Waals surface area contributed by atoms with E-state index in [2.05, 4.69) is 21.9 Å². The van der Waals surface area contributed by atoms with E-state index < -0.39 is 0 Å². The Balaban J connectivity index is 1.80. The second-order valence-electron chi connectivity index (χ2n) is 7.95. The van der Waals surface area contributed by atoms with Crippen molar-refractivity contribution in [3.05, 3.63) is 18.0 Å². The van der Waals surface area contributed by atoms with E-state index in [9.17, 15) is 4.79 Å². The number of carbonyl (C=O) groups excluding carboxylic acids is 1. The van der Waals surface area contributed by atoms with Crippen molar-refractivity contribution in [2.24, 2.45) is 13.0 Å². The maximum Gasteiger partial charge on any atom is 0.225 e. The second kappa shape index (κ2) is 8.50. The van der Waals surface area contributed by atoms with E-state index in [1.54, 1.807) is 4.68 Å². The van der Waals surface area contributed by atoms with Gasteiger partial charge >= 0.3 is 0 Å². The maximum atomic E-state index is 12.8. The van der Waals surface area contributed by atoms with E-state index in [1.165, 1.54) is 6.42 Å². The average molecular weight is 364 g/mol. The van der Waals surface area contributed by atoms with Gasteiger partial charge in [0.2, 0.25) is 5.91 Å². The van der Waals surface area contributed by atoms with Gasteiger partial charge in [-0.25, -0.2) is 0 Å². The first kappa shape index (κ1) is 19.3. The van der Waals surface area contributed by atoms with E-state index in [0.717, 1.165) is 38.3 Å². The molecular formula is C19H33N5O2. The Morgan fingerprint density at radius 3 is 2.73 bits per heavy atom. The molecule has 7 heteroatoms. The monoisotopic (exact) mass is 363 g/mol. The lowest BCUT2D eigenvalue weighted by molar-refractivity contribution is -0.151. The van der Waals surface area contributed by atoms with Gasteiger partial charge in [0.1, 0.15) is 0 Å². The summed E-state index contributed by atoms with van der Waals surface area (Å²) in [5.74, 6) is 0.183. The van der Waals surface area contributed by atoms with Gasteiger partial charge in [-0.1, -0.05) is 13.8 Å². The lowest BCUT2D eigenvalue weighted by atomic mass is 9.98. The highest BCUT2D eigenvalue weighted by molar-refractivity contribution is 5.78. The molecule has 26 heavy (non-hydrogen) atoms. The van der Waals surface area contributed by atoms with Crippen LogP contribution in [0.5, 0.6) is 0 Å². The van der Waals surface area contributed by atoms with Gasteiger partial charge < -0.3 is 14.5 Å². The zero-order chi connectivity index (χ0) is 18.7. The molecule has 2 aliphatic rings. The number of carbonyl (C=O) groups is 1. The number of likely N-dealkylation sites (N-methyl/N-ethyl adjacent to an activating group) is 1. The topological polar surface area (TPSA) is 53.8 Å². The molecule has 0 N–H and O–H groups in total. The first-order valence-electron chi connectivity index (χ1n) is 9.77. The van der Waals surface area contributed by atoms with Gasteiger partial charge in [-0.3, -0.25) is 14.4 Å². The molecule has 2 aliphatic heterocycles. The Morgan fingerprint density at radius 1 is 1.23 bits per heavy atom. The SMILES string of the molecule is CC(C)C(=O)N1CCO[C@@H](CN2CCCN(C)CC2)[C@@H]1c1cnn(C)c1. The van der Waals surface area contributed by atoms with Crippen LogP contribution >= 0.6 is 0 Å². The lowest BCUT2D eigenvalue weighted by Crippen LogP contribution is -2.53. The smallest absolute Gasteiger partial charge is 0.225 e. The summed E-state index contributed by atoms with van der Waals surface area (Å²) in [6.45, 7) is 10.4. The first-order chi connectivity index (χ1) is 12.5. The third kappa shape index (κ3) is 4.45. The van der Waals surface area contributed by atoms with Crippen molar-refractivity contribution in [3.63, 3.8) is 0 Å². The molecule has 0 saturated carbocycles. The Hall–Kier alpha value is -1.44. The van der Waals surface area contributed by atoms with Crippen molar-refractivity contribution in [3.8, 4) is 0 Å². The fourth-order valence-electron chi connectivity index (χ4n) is 3.99. The molecule has 7 nitrogen and oxygen atoms in total. The van der Waals surface area contributed by atoms with Gasteiger partial charge in [0.05, 0.1) is 24.9 Å². The number of hydrogen-bond acceptors (Lipinski definition) is 5. The zero-order valence-corrected chi connectivity index (χ0v) is 16.6. The van der Waals surface area contributed by atoms with Crippen LogP contribution in [0.25, 0.3) is 0 Å². The fourth-order valence-corrected chi connectivity index (χ4v) is 3.99. The highest BCUT2D eigenvalue weighted by Crippen LogP contribution is 2.31. The predicted octanol–water partition coefficient (Wildman–Crippen LogP) is 0.982. The Bertz CT molecular complexity index is 603. The van der Waals surface area contributed by atoms with E-state index in [0.29, 0.717) is 13.2 Å². The minimum absolute atomic E-state index is 0.0141. The minimum atomic E-state index is -0.0617. The van der Waals surface area contributed by atoms with E-state index in [1.807, 2.05) is 38.2 Å². The van der Waals surface area contributed by atoms with Crippen molar-refractivity contribution >= 4 is 5.91 Å². The molecule has 3 heterocycles. The van der Waals surface area contributed by atoms with Gasteiger partial charge in [-0.15, -0.1) is 0 Å². The molecule has 1 aromatic heterocycles. The van der Waals surface area contributed by atoms with Crippen LogP contribution in [0.2, 0.25) is 0 Å². The van der Waals surface area contributed by atoms with Crippen LogP contribution in [0.3, 0.4) is 0 Å². The third-order valence-electron chi connectivity index (χ3n) is 5.45. The number of aryl methyl sites for hydroxylation is 1. The van der Waals surface area contributed by atoms with Crippen LogP contribution in [0, 0.1) is 5.92 Å². The van der Waals surface area contributed by atoms with Crippen LogP contribution in [0.1, 0.15) is 31.9 Å². The van der Waals surface area contributed by atoms with Crippen LogP contribution < -0.4 is 0 Å². The second-order valence-corrected chi connectivity index (χ2v) is 7.95. The highest BCUT2D eigenvalue weighted by Gasteiger charge is 2.38. The van der Waals surface area contributed by atoms with Crippen molar-refractivity contribution in [1.29, 1.82) is 0 Å². The van der Waals surface area contributed by atoms with Crippen molar-refractivity contribution in [2.75, 3.05) is 52.9 Å². The lowest BCUT2D eigenvalue weighted by Gasteiger charge is -2.43. The van der Waals surface area contributed by atoms with Gasteiger partial charge in [-0.2, -0.15) is 5.10 Å². The summed E-state index contributed by atoms with van der Waals surface area (Å²) in [4.78, 5) is 19.7. The van der Waals surface area contributed by atoms with Crippen LogP contribution in [0.4, 0.5) is 0 Å². The first-order valence-corrected chi connectivity index (χ1v) is 9.77. The molecule has 3 rings (SSSR count). The van der Waals surface area contributed by atoms with E-state index >= 15 is 0 Å². The maximum absolute atomic E-state index is 12.8. The summed E-state index contributed by atoms with van der Waals surface area (Å²) in [5, 5.41) is 4.34. The third-order valence-corrected chi connectivity index (χ3v) is 5.45. The van der Waals surface area contributed by atoms with Gasteiger partial charge in [0.15, 0.2) is 0 Å². The number of rotatable bonds is 4. The average Bonchev–Trinajstić information content (AvgIpc) is 2.93. The van der Waals surface area contributed by atoms with E-state index in [-0.39, 0.29) is 24.0 Å².